The van der Waals surface area contributed by atoms with Crippen molar-refractivity contribution in [3.8, 4) is 0 Å². The SMILES string of the molecule is [I-].[NH3+]CCNc1ccccc1[N+](=O)[O-]. The molecule has 78 valence electrons. The molecule has 0 unspecified atom stereocenters. The Morgan fingerprint density at radius 1 is 1.43 bits per heavy atom. The summed E-state index contributed by atoms with van der Waals surface area (Å²) < 4.78 is 0. The van der Waals surface area contributed by atoms with E-state index in [1.165, 1.54) is 6.07 Å². The summed E-state index contributed by atoms with van der Waals surface area (Å²) >= 11 is 0. The van der Waals surface area contributed by atoms with Crippen molar-refractivity contribution < 1.29 is 34.6 Å². The molecule has 0 saturated carbocycles. The molecule has 0 aliphatic carbocycles. The Bertz CT molecular complexity index is 306. The number of hydrogen-bond donors (Lipinski definition) is 2. The highest BCUT2D eigenvalue weighted by molar-refractivity contribution is 5.60. The van der Waals surface area contributed by atoms with Crippen molar-refractivity contribution in [2.24, 2.45) is 0 Å². The number of rotatable bonds is 4. The van der Waals surface area contributed by atoms with E-state index in [2.05, 4.69) is 11.1 Å². The summed E-state index contributed by atoms with van der Waals surface area (Å²) in [5, 5.41) is 13.5. The molecule has 0 radical (unpaired) electrons. The van der Waals surface area contributed by atoms with Crippen LogP contribution in [0.3, 0.4) is 0 Å². The number of nitrogens with one attached hydrogen (secondary N) is 1. The van der Waals surface area contributed by atoms with Crippen LogP contribution in [0.25, 0.3) is 0 Å². The Morgan fingerprint density at radius 2 is 2.07 bits per heavy atom. The number of nitrogens with zero attached hydrogens (tertiary/aromatic N) is 1. The van der Waals surface area contributed by atoms with Gasteiger partial charge in [0.15, 0.2) is 0 Å². The van der Waals surface area contributed by atoms with Crippen molar-refractivity contribution in [1.29, 1.82) is 0 Å². The molecule has 4 N–H and O–H groups in total. The fourth-order valence-corrected chi connectivity index (χ4v) is 1.01. The number of nitro benzene ring substituents is 1. The van der Waals surface area contributed by atoms with E-state index in [-0.39, 0.29) is 29.7 Å². The summed E-state index contributed by atoms with van der Waals surface area (Å²) in [6.07, 6.45) is 0. The first-order valence-corrected chi connectivity index (χ1v) is 4.02. The van der Waals surface area contributed by atoms with Crippen LogP contribution in [0.1, 0.15) is 0 Å². The molecule has 0 spiro atoms. The Balaban J connectivity index is 0.00000169. The van der Waals surface area contributed by atoms with E-state index in [0.717, 1.165) is 0 Å². The molecule has 0 aliphatic rings. The van der Waals surface area contributed by atoms with Crippen molar-refractivity contribution in [1.82, 2.24) is 0 Å². The molecule has 1 rings (SSSR count). The highest BCUT2D eigenvalue weighted by Crippen LogP contribution is 2.22. The smallest absolute Gasteiger partial charge is 0.292 e. The minimum atomic E-state index is -0.397. The predicted octanol–water partition coefficient (Wildman–Crippen LogP) is -2.75. The fraction of sp³-hybridized carbons (Fsp3) is 0.250. The average molecular weight is 309 g/mol. The maximum absolute atomic E-state index is 10.5. The molecule has 0 saturated heterocycles. The van der Waals surface area contributed by atoms with Gasteiger partial charge in [0.2, 0.25) is 0 Å². The number of nitro groups is 1. The van der Waals surface area contributed by atoms with Crippen molar-refractivity contribution in [2.45, 2.75) is 0 Å². The van der Waals surface area contributed by atoms with E-state index in [1.807, 2.05) is 0 Å². The predicted molar refractivity (Wildman–Crippen MR) is 49.3 cm³/mol. The number of quaternary nitrogens is 1. The quantitative estimate of drug-likeness (QED) is 0.359. The monoisotopic (exact) mass is 309 g/mol. The van der Waals surface area contributed by atoms with Crippen LogP contribution in [0, 0.1) is 10.1 Å². The van der Waals surface area contributed by atoms with Crippen LogP contribution >= 0.6 is 0 Å². The van der Waals surface area contributed by atoms with Crippen LogP contribution in [-0.4, -0.2) is 18.0 Å². The van der Waals surface area contributed by atoms with Gasteiger partial charge in [0.25, 0.3) is 5.69 Å². The largest absolute Gasteiger partial charge is 1.00 e. The normalized spacial score (nSPS) is 8.93. The fourth-order valence-electron chi connectivity index (χ4n) is 1.01. The lowest BCUT2D eigenvalue weighted by Crippen LogP contribution is -3.00. The summed E-state index contributed by atoms with van der Waals surface area (Å²) in [4.78, 5) is 10.1. The van der Waals surface area contributed by atoms with E-state index in [9.17, 15) is 10.1 Å². The van der Waals surface area contributed by atoms with E-state index < -0.39 is 4.92 Å². The lowest BCUT2D eigenvalue weighted by Gasteiger charge is -2.03. The summed E-state index contributed by atoms with van der Waals surface area (Å²) in [5.41, 5.74) is 4.30. The molecule has 0 atom stereocenters. The zero-order chi connectivity index (χ0) is 9.68. The molecule has 14 heavy (non-hydrogen) atoms. The van der Waals surface area contributed by atoms with Gasteiger partial charge < -0.3 is 35.0 Å². The molecule has 6 heteroatoms. The highest BCUT2D eigenvalue weighted by Gasteiger charge is 2.10. The van der Waals surface area contributed by atoms with Gasteiger partial charge in [0.05, 0.1) is 18.0 Å². The van der Waals surface area contributed by atoms with Crippen LogP contribution in [0.15, 0.2) is 24.3 Å². The van der Waals surface area contributed by atoms with Gasteiger partial charge in [-0.05, 0) is 6.07 Å². The lowest BCUT2D eigenvalue weighted by atomic mass is 10.2. The molecule has 0 amide bonds. The van der Waals surface area contributed by atoms with Gasteiger partial charge in [-0.25, -0.2) is 0 Å². The number of benzene rings is 1. The van der Waals surface area contributed by atoms with Crippen molar-refractivity contribution in [3.63, 3.8) is 0 Å². The summed E-state index contributed by atoms with van der Waals surface area (Å²) in [6.45, 7) is 1.34. The van der Waals surface area contributed by atoms with Crippen LogP contribution in [0.5, 0.6) is 0 Å². The molecule has 0 aromatic heterocycles. The Morgan fingerprint density at radius 3 is 2.64 bits per heavy atom. The zero-order valence-electron chi connectivity index (χ0n) is 7.57. The van der Waals surface area contributed by atoms with Crippen LogP contribution in [0.4, 0.5) is 11.4 Å². The molecule has 0 bridgehead atoms. The van der Waals surface area contributed by atoms with Crippen LogP contribution in [-0.2, 0) is 0 Å². The summed E-state index contributed by atoms with van der Waals surface area (Å²) in [6, 6.07) is 6.57. The second-order valence-corrected chi connectivity index (χ2v) is 2.55. The maximum Gasteiger partial charge on any atom is 0.292 e. The third kappa shape index (κ3) is 3.46. The number of hydrogen-bond acceptors (Lipinski definition) is 3. The van der Waals surface area contributed by atoms with E-state index in [1.54, 1.807) is 18.2 Å². The summed E-state index contributed by atoms with van der Waals surface area (Å²) in [5.74, 6) is 0. The third-order valence-electron chi connectivity index (χ3n) is 1.59. The summed E-state index contributed by atoms with van der Waals surface area (Å²) in [7, 11) is 0. The van der Waals surface area contributed by atoms with Gasteiger partial charge in [-0.1, -0.05) is 12.1 Å². The number of para-hydroxylation sites is 2. The third-order valence-corrected chi connectivity index (χ3v) is 1.59. The standard InChI is InChI=1S/C8H11N3O2.HI/c9-5-6-10-7-3-1-2-4-8(7)11(12)13;/h1-4,10H,5-6,9H2;1H. The van der Waals surface area contributed by atoms with E-state index in [4.69, 9.17) is 0 Å². The van der Waals surface area contributed by atoms with E-state index in [0.29, 0.717) is 18.8 Å². The molecule has 1 aromatic rings. The van der Waals surface area contributed by atoms with Gasteiger partial charge in [-0.15, -0.1) is 0 Å². The first-order chi connectivity index (χ1) is 6.25. The zero-order valence-corrected chi connectivity index (χ0v) is 9.73. The second kappa shape index (κ2) is 6.55. The van der Waals surface area contributed by atoms with Gasteiger partial charge in [0, 0.05) is 6.07 Å². The topological polar surface area (TPSA) is 82.8 Å². The second-order valence-electron chi connectivity index (χ2n) is 2.55. The average Bonchev–Trinajstić information content (AvgIpc) is 2.15. The van der Waals surface area contributed by atoms with Crippen molar-refractivity contribution in [3.05, 3.63) is 34.4 Å². The number of anilines is 1. The first kappa shape index (κ1) is 13.1. The first-order valence-electron chi connectivity index (χ1n) is 4.02. The molecular weight excluding hydrogens is 297 g/mol. The van der Waals surface area contributed by atoms with E-state index >= 15 is 0 Å². The Hall–Kier alpha value is -0.890. The molecule has 0 heterocycles. The van der Waals surface area contributed by atoms with Crippen LogP contribution < -0.4 is 35.0 Å². The van der Waals surface area contributed by atoms with Gasteiger partial charge in [-0.3, -0.25) is 10.1 Å². The molecule has 1 aromatic carbocycles. The molecule has 0 aliphatic heterocycles. The molecule has 0 fully saturated rings. The minimum absolute atomic E-state index is 0. The lowest BCUT2D eigenvalue weighted by molar-refractivity contribution is -0.384. The van der Waals surface area contributed by atoms with Crippen molar-refractivity contribution >= 4 is 11.4 Å². The number of halogens is 1. The molecule has 5 nitrogen and oxygen atoms in total. The van der Waals surface area contributed by atoms with Crippen molar-refractivity contribution in [2.75, 3.05) is 18.4 Å². The Kier molecular flexibility index (Phi) is 6.13. The van der Waals surface area contributed by atoms with Crippen LogP contribution in [0.2, 0.25) is 0 Å². The highest BCUT2D eigenvalue weighted by atomic mass is 127. The minimum Gasteiger partial charge on any atom is -1.00 e. The Labute approximate surface area is 98.8 Å². The maximum atomic E-state index is 10.5. The van der Waals surface area contributed by atoms with Gasteiger partial charge in [-0.2, -0.15) is 0 Å². The van der Waals surface area contributed by atoms with Gasteiger partial charge >= 0.3 is 0 Å². The molecular formula is C8H12IN3O2. The van der Waals surface area contributed by atoms with Gasteiger partial charge in [0.1, 0.15) is 5.69 Å².